The van der Waals surface area contributed by atoms with Crippen LogP contribution < -0.4 is 10.6 Å². The molecule has 6 nitrogen and oxygen atoms in total. The molecule has 0 saturated heterocycles. The van der Waals surface area contributed by atoms with E-state index in [1.165, 1.54) is 18.3 Å². The van der Waals surface area contributed by atoms with Crippen molar-refractivity contribution in [1.82, 2.24) is 10.3 Å². The Bertz CT molecular complexity index is 325. The van der Waals surface area contributed by atoms with E-state index in [0.29, 0.717) is 5.13 Å². The standard InChI is InChI=1S/C7H9N3O3S/c1-4(5(11)12)9-6(13)10-7-8-2-3-14-7/h2-4H,1H3,(H,11,12)(H2,8,9,10,13)/t4-/m0/s1. The number of anilines is 1. The average molecular weight is 215 g/mol. The molecule has 0 aliphatic rings. The number of rotatable bonds is 3. The number of aliphatic carboxylic acids is 1. The van der Waals surface area contributed by atoms with E-state index in [2.05, 4.69) is 15.6 Å². The van der Waals surface area contributed by atoms with Crippen LogP contribution in [-0.4, -0.2) is 28.1 Å². The number of amides is 2. The van der Waals surface area contributed by atoms with Gasteiger partial charge in [-0.1, -0.05) is 0 Å². The highest BCUT2D eigenvalue weighted by Crippen LogP contribution is 2.09. The molecule has 1 aromatic heterocycles. The normalized spacial score (nSPS) is 11.8. The van der Waals surface area contributed by atoms with Crippen molar-refractivity contribution in [3.8, 4) is 0 Å². The highest BCUT2D eigenvalue weighted by Gasteiger charge is 2.13. The SMILES string of the molecule is C[C@H](NC(=O)Nc1nccs1)C(=O)O. The molecule has 0 unspecified atom stereocenters. The molecule has 0 aliphatic carbocycles. The van der Waals surface area contributed by atoms with E-state index in [0.717, 1.165) is 0 Å². The minimum Gasteiger partial charge on any atom is -0.480 e. The number of carboxylic acids is 1. The van der Waals surface area contributed by atoms with Crippen LogP contribution in [0.3, 0.4) is 0 Å². The van der Waals surface area contributed by atoms with Crippen LogP contribution in [0.1, 0.15) is 6.92 Å². The molecule has 76 valence electrons. The van der Waals surface area contributed by atoms with Crippen molar-refractivity contribution >= 4 is 28.5 Å². The van der Waals surface area contributed by atoms with Gasteiger partial charge in [0.2, 0.25) is 0 Å². The number of carboxylic acid groups (broad SMARTS) is 1. The molecule has 1 atom stereocenters. The summed E-state index contributed by atoms with van der Waals surface area (Å²) in [6.07, 6.45) is 1.54. The number of carbonyl (C=O) groups is 2. The van der Waals surface area contributed by atoms with Crippen molar-refractivity contribution < 1.29 is 14.7 Å². The van der Waals surface area contributed by atoms with Gasteiger partial charge in [0.1, 0.15) is 6.04 Å². The Labute approximate surface area is 84.0 Å². The van der Waals surface area contributed by atoms with Crippen LogP contribution in [-0.2, 0) is 4.79 Å². The summed E-state index contributed by atoms with van der Waals surface area (Å²) in [4.78, 5) is 25.3. The maximum absolute atomic E-state index is 11.1. The van der Waals surface area contributed by atoms with Crippen molar-refractivity contribution in [3.63, 3.8) is 0 Å². The van der Waals surface area contributed by atoms with Crippen LogP contribution in [0.4, 0.5) is 9.93 Å². The summed E-state index contributed by atoms with van der Waals surface area (Å²) in [5.74, 6) is -1.08. The third-order valence-corrected chi connectivity index (χ3v) is 2.06. The number of hydrogen-bond acceptors (Lipinski definition) is 4. The van der Waals surface area contributed by atoms with E-state index in [4.69, 9.17) is 5.11 Å². The lowest BCUT2D eigenvalue weighted by molar-refractivity contribution is -0.138. The molecular weight excluding hydrogens is 206 g/mol. The van der Waals surface area contributed by atoms with Gasteiger partial charge >= 0.3 is 12.0 Å². The minimum absolute atomic E-state index is 0.431. The van der Waals surface area contributed by atoms with Crippen molar-refractivity contribution in [2.24, 2.45) is 0 Å². The zero-order valence-electron chi connectivity index (χ0n) is 7.35. The fourth-order valence-corrected chi connectivity index (χ4v) is 1.20. The van der Waals surface area contributed by atoms with Gasteiger partial charge in [0.25, 0.3) is 0 Å². The molecule has 0 bridgehead atoms. The van der Waals surface area contributed by atoms with E-state index >= 15 is 0 Å². The van der Waals surface area contributed by atoms with Crippen LogP contribution >= 0.6 is 11.3 Å². The Morgan fingerprint density at radius 2 is 2.36 bits per heavy atom. The second kappa shape index (κ2) is 4.56. The molecule has 2 amide bonds. The van der Waals surface area contributed by atoms with E-state index in [1.807, 2.05) is 0 Å². The number of hydrogen-bond donors (Lipinski definition) is 3. The lowest BCUT2D eigenvalue weighted by Crippen LogP contribution is -2.40. The number of aromatic nitrogens is 1. The molecule has 1 heterocycles. The number of nitrogens with one attached hydrogen (secondary N) is 2. The van der Waals surface area contributed by atoms with Gasteiger partial charge in [-0.3, -0.25) is 10.1 Å². The van der Waals surface area contributed by atoms with Crippen molar-refractivity contribution in [1.29, 1.82) is 0 Å². The molecule has 0 radical (unpaired) electrons. The first-order valence-electron chi connectivity index (χ1n) is 3.79. The Morgan fingerprint density at radius 1 is 1.64 bits per heavy atom. The predicted octanol–water partition coefficient (Wildman–Crippen LogP) is 0.738. The van der Waals surface area contributed by atoms with E-state index in [1.54, 1.807) is 11.6 Å². The number of carbonyl (C=O) groups excluding carboxylic acids is 1. The Hall–Kier alpha value is -1.63. The van der Waals surface area contributed by atoms with Gasteiger partial charge in [0, 0.05) is 11.6 Å². The smallest absolute Gasteiger partial charge is 0.325 e. The monoisotopic (exact) mass is 215 g/mol. The first-order chi connectivity index (χ1) is 6.59. The highest BCUT2D eigenvalue weighted by atomic mass is 32.1. The van der Waals surface area contributed by atoms with Crippen LogP contribution in [0.5, 0.6) is 0 Å². The fourth-order valence-electron chi connectivity index (χ4n) is 0.677. The van der Waals surface area contributed by atoms with Crippen molar-refractivity contribution in [2.75, 3.05) is 5.32 Å². The second-order valence-corrected chi connectivity index (χ2v) is 3.39. The summed E-state index contributed by atoms with van der Waals surface area (Å²) in [5, 5.41) is 15.3. The molecule has 0 aliphatic heterocycles. The van der Waals surface area contributed by atoms with Gasteiger partial charge in [0.15, 0.2) is 5.13 Å². The Kier molecular flexibility index (Phi) is 3.41. The van der Waals surface area contributed by atoms with E-state index in [-0.39, 0.29) is 0 Å². The summed E-state index contributed by atoms with van der Waals surface area (Å²) in [7, 11) is 0. The molecule has 3 N–H and O–H groups in total. The van der Waals surface area contributed by atoms with Crippen LogP contribution in [0.25, 0.3) is 0 Å². The van der Waals surface area contributed by atoms with Crippen LogP contribution in [0, 0.1) is 0 Å². The Morgan fingerprint density at radius 3 is 2.86 bits per heavy atom. The van der Waals surface area contributed by atoms with Gasteiger partial charge in [-0.25, -0.2) is 9.78 Å². The highest BCUT2D eigenvalue weighted by molar-refractivity contribution is 7.13. The number of urea groups is 1. The van der Waals surface area contributed by atoms with Gasteiger partial charge in [-0.2, -0.15) is 0 Å². The zero-order valence-corrected chi connectivity index (χ0v) is 8.17. The summed E-state index contributed by atoms with van der Waals surface area (Å²) < 4.78 is 0. The van der Waals surface area contributed by atoms with E-state index < -0.39 is 18.0 Å². The first-order valence-corrected chi connectivity index (χ1v) is 4.67. The Balaban J connectivity index is 2.40. The molecule has 7 heteroatoms. The number of thiazole rings is 1. The average Bonchev–Trinajstić information content (AvgIpc) is 2.56. The first kappa shape index (κ1) is 10.5. The third-order valence-electron chi connectivity index (χ3n) is 1.37. The predicted molar refractivity (Wildman–Crippen MR) is 51.4 cm³/mol. The minimum atomic E-state index is -1.08. The molecule has 0 spiro atoms. The maximum Gasteiger partial charge on any atom is 0.325 e. The fraction of sp³-hybridized carbons (Fsp3) is 0.286. The van der Waals surface area contributed by atoms with Gasteiger partial charge < -0.3 is 10.4 Å². The summed E-state index contributed by atoms with van der Waals surface area (Å²) in [5.41, 5.74) is 0. The van der Waals surface area contributed by atoms with Gasteiger partial charge in [0.05, 0.1) is 0 Å². The summed E-state index contributed by atoms with van der Waals surface area (Å²) in [6.45, 7) is 1.38. The van der Waals surface area contributed by atoms with Crippen molar-refractivity contribution in [3.05, 3.63) is 11.6 Å². The summed E-state index contributed by atoms with van der Waals surface area (Å²) in [6, 6.07) is -1.50. The van der Waals surface area contributed by atoms with E-state index in [9.17, 15) is 9.59 Å². The molecule has 0 saturated carbocycles. The third kappa shape index (κ3) is 3.02. The van der Waals surface area contributed by atoms with Gasteiger partial charge in [-0.15, -0.1) is 11.3 Å². The molecular formula is C7H9N3O3S. The molecule has 1 rings (SSSR count). The lowest BCUT2D eigenvalue weighted by atomic mass is 10.3. The van der Waals surface area contributed by atoms with Crippen molar-refractivity contribution in [2.45, 2.75) is 13.0 Å². The quantitative estimate of drug-likeness (QED) is 0.693. The zero-order chi connectivity index (χ0) is 10.6. The summed E-state index contributed by atoms with van der Waals surface area (Å²) >= 11 is 1.26. The topological polar surface area (TPSA) is 91.3 Å². The van der Waals surface area contributed by atoms with Crippen LogP contribution in [0.2, 0.25) is 0 Å². The largest absolute Gasteiger partial charge is 0.480 e. The molecule has 0 aromatic carbocycles. The van der Waals surface area contributed by atoms with Gasteiger partial charge in [-0.05, 0) is 6.92 Å². The van der Waals surface area contributed by atoms with Crippen LogP contribution in [0.15, 0.2) is 11.6 Å². The second-order valence-electron chi connectivity index (χ2n) is 2.50. The lowest BCUT2D eigenvalue weighted by Gasteiger charge is -2.08. The maximum atomic E-state index is 11.1. The number of nitrogens with zero attached hydrogens (tertiary/aromatic N) is 1. The molecule has 0 fully saturated rings. The molecule has 14 heavy (non-hydrogen) atoms. The molecule has 1 aromatic rings.